The highest BCUT2D eigenvalue weighted by atomic mass is 32.2. The molecule has 1 heterocycles. The van der Waals surface area contributed by atoms with Crippen LogP contribution in [-0.2, 0) is 0 Å². The number of rotatable bonds is 2. The predicted molar refractivity (Wildman–Crippen MR) is 47.3 cm³/mol. The summed E-state index contributed by atoms with van der Waals surface area (Å²) in [6, 6.07) is -0.120. The molecule has 1 atom stereocenters. The Labute approximate surface area is 70.6 Å². The molecule has 0 aromatic heterocycles. The van der Waals surface area contributed by atoms with E-state index >= 15 is 0 Å². The van der Waals surface area contributed by atoms with Crippen molar-refractivity contribution in [1.82, 2.24) is 10.6 Å². The average molecular weight is 172 g/mol. The molecular weight excluding hydrogens is 160 g/mol. The van der Waals surface area contributed by atoms with E-state index in [1.165, 1.54) is 0 Å². The molecule has 4 heteroatoms. The minimum absolute atomic E-state index is 0.120. The van der Waals surface area contributed by atoms with Gasteiger partial charge < -0.3 is 10.6 Å². The second-order valence-corrected chi connectivity index (χ2v) is 4.31. The summed E-state index contributed by atoms with van der Waals surface area (Å²) in [4.78, 5) is 10.8. The first-order valence-corrected chi connectivity index (χ1v) is 4.52. The van der Waals surface area contributed by atoms with E-state index in [0.717, 1.165) is 0 Å². The van der Waals surface area contributed by atoms with Gasteiger partial charge in [-0.1, -0.05) is 13.8 Å². The van der Waals surface area contributed by atoms with Crippen molar-refractivity contribution in [2.75, 3.05) is 0 Å². The summed E-state index contributed by atoms with van der Waals surface area (Å²) >= 11 is 1.72. The van der Waals surface area contributed by atoms with Crippen LogP contribution in [0.2, 0.25) is 0 Å². The van der Waals surface area contributed by atoms with Crippen LogP contribution in [0.3, 0.4) is 0 Å². The second kappa shape index (κ2) is 3.67. The number of carbonyl (C=O) groups excluding carboxylic acids is 1. The lowest BCUT2D eigenvalue weighted by Crippen LogP contribution is -2.41. The third-order valence-corrected chi connectivity index (χ3v) is 2.29. The molecule has 0 radical (unpaired) electrons. The lowest BCUT2D eigenvalue weighted by atomic mass is 10.5. The summed E-state index contributed by atoms with van der Waals surface area (Å²) in [6.07, 6.45) is 3.62. The van der Waals surface area contributed by atoms with Gasteiger partial charge in [0, 0.05) is 11.4 Å². The molecule has 1 aliphatic rings. The maximum absolute atomic E-state index is 10.8. The van der Waals surface area contributed by atoms with Gasteiger partial charge in [-0.25, -0.2) is 4.79 Å². The highest BCUT2D eigenvalue weighted by Crippen LogP contribution is 2.16. The van der Waals surface area contributed by atoms with Crippen molar-refractivity contribution in [3.05, 3.63) is 12.3 Å². The predicted octanol–water partition coefficient (Wildman–Crippen LogP) is 1.28. The van der Waals surface area contributed by atoms with Crippen molar-refractivity contribution in [2.24, 2.45) is 0 Å². The van der Waals surface area contributed by atoms with E-state index in [2.05, 4.69) is 24.5 Å². The van der Waals surface area contributed by atoms with Gasteiger partial charge in [0.1, 0.15) is 0 Å². The zero-order valence-electron chi connectivity index (χ0n) is 6.63. The van der Waals surface area contributed by atoms with Crippen molar-refractivity contribution >= 4 is 17.8 Å². The summed E-state index contributed by atoms with van der Waals surface area (Å²) < 4.78 is 0. The quantitative estimate of drug-likeness (QED) is 0.658. The van der Waals surface area contributed by atoms with Gasteiger partial charge in [0.25, 0.3) is 0 Å². The zero-order valence-corrected chi connectivity index (χ0v) is 7.44. The van der Waals surface area contributed by atoms with Gasteiger partial charge >= 0.3 is 6.03 Å². The van der Waals surface area contributed by atoms with Crippen molar-refractivity contribution in [2.45, 2.75) is 24.5 Å². The molecule has 2 amide bonds. The smallest absolute Gasteiger partial charge is 0.319 e. The van der Waals surface area contributed by atoms with Crippen LogP contribution in [0.25, 0.3) is 0 Å². The van der Waals surface area contributed by atoms with Gasteiger partial charge in [-0.15, -0.1) is 11.8 Å². The number of nitrogens with one attached hydrogen (secondary N) is 2. The van der Waals surface area contributed by atoms with E-state index in [1.54, 1.807) is 18.0 Å². The van der Waals surface area contributed by atoms with Crippen LogP contribution in [0.1, 0.15) is 13.8 Å². The van der Waals surface area contributed by atoms with Crippen LogP contribution in [0.15, 0.2) is 12.3 Å². The molecule has 62 valence electrons. The van der Waals surface area contributed by atoms with Crippen LogP contribution in [-0.4, -0.2) is 16.7 Å². The Morgan fingerprint density at radius 3 is 2.91 bits per heavy atom. The Balaban J connectivity index is 2.40. The van der Waals surface area contributed by atoms with Crippen molar-refractivity contribution in [3.63, 3.8) is 0 Å². The fourth-order valence-electron chi connectivity index (χ4n) is 0.803. The average Bonchev–Trinajstić information content (AvgIpc) is 1.85. The number of amides is 2. The Kier molecular flexibility index (Phi) is 2.82. The standard InChI is InChI=1S/C7H12N2OS/c1-5(2)11-6-3-4-8-7(10)9-6/h3-6H,1-2H3,(H2,8,9,10). The SMILES string of the molecule is CC(C)SC1C=CNC(=O)N1. The van der Waals surface area contributed by atoms with Crippen molar-refractivity contribution in [1.29, 1.82) is 0 Å². The maximum Gasteiger partial charge on any atom is 0.319 e. The third-order valence-electron chi connectivity index (χ3n) is 1.18. The van der Waals surface area contributed by atoms with E-state index in [4.69, 9.17) is 0 Å². The molecule has 2 N–H and O–H groups in total. The van der Waals surface area contributed by atoms with Crippen molar-refractivity contribution < 1.29 is 4.79 Å². The van der Waals surface area contributed by atoms with Gasteiger partial charge in [-0.2, -0.15) is 0 Å². The molecule has 3 nitrogen and oxygen atoms in total. The normalized spacial score (nSPS) is 23.2. The monoisotopic (exact) mass is 172 g/mol. The Bertz CT molecular complexity index is 179. The first-order chi connectivity index (χ1) is 5.18. The fourth-order valence-corrected chi connectivity index (χ4v) is 1.73. The molecule has 1 rings (SSSR count). The molecule has 0 spiro atoms. The molecule has 0 aromatic carbocycles. The zero-order chi connectivity index (χ0) is 8.27. The second-order valence-electron chi connectivity index (χ2n) is 2.58. The van der Waals surface area contributed by atoms with E-state index in [9.17, 15) is 4.79 Å². The highest BCUT2D eigenvalue weighted by molar-refractivity contribution is 8.00. The van der Waals surface area contributed by atoms with Gasteiger partial charge in [-0.05, 0) is 6.08 Å². The minimum atomic E-state index is -0.120. The highest BCUT2D eigenvalue weighted by Gasteiger charge is 2.13. The molecule has 11 heavy (non-hydrogen) atoms. The number of hydrogen-bond donors (Lipinski definition) is 2. The number of thioether (sulfide) groups is 1. The molecule has 0 aromatic rings. The van der Waals surface area contributed by atoms with Crippen LogP contribution in [0.5, 0.6) is 0 Å². The summed E-state index contributed by atoms with van der Waals surface area (Å²) in [5, 5.41) is 5.97. The van der Waals surface area contributed by atoms with Gasteiger partial charge in [0.05, 0.1) is 5.37 Å². The summed E-state index contributed by atoms with van der Waals surface area (Å²) in [5.41, 5.74) is 0. The first kappa shape index (κ1) is 8.46. The Morgan fingerprint density at radius 2 is 2.36 bits per heavy atom. The van der Waals surface area contributed by atoms with Gasteiger partial charge in [-0.3, -0.25) is 0 Å². The molecular formula is C7H12N2OS. The maximum atomic E-state index is 10.8. The number of urea groups is 1. The lowest BCUT2D eigenvalue weighted by Gasteiger charge is -2.19. The van der Waals surface area contributed by atoms with E-state index in [0.29, 0.717) is 5.25 Å². The van der Waals surface area contributed by atoms with E-state index < -0.39 is 0 Å². The van der Waals surface area contributed by atoms with Gasteiger partial charge in [0.2, 0.25) is 0 Å². The molecule has 1 unspecified atom stereocenters. The number of carbonyl (C=O) groups is 1. The minimum Gasteiger partial charge on any atom is -0.323 e. The molecule has 0 fully saturated rings. The third kappa shape index (κ3) is 2.84. The topological polar surface area (TPSA) is 41.1 Å². The molecule has 0 saturated heterocycles. The summed E-state index contributed by atoms with van der Waals surface area (Å²) in [7, 11) is 0. The molecule has 0 saturated carbocycles. The van der Waals surface area contributed by atoms with Crippen LogP contribution < -0.4 is 10.6 Å². The van der Waals surface area contributed by atoms with E-state index in [-0.39, 0.29) is 11.4 Å². The lowest BCUT2D eigenvalue weighted by molar-refractivity contribution is 0.243. The van der Waals surface area contributed by atoms with Gasteiger partial charge in [0.15, 0.2) is 0 Å². The van der Waals surface area contributed by atoms with E-state index in [1.807, 2.05) is 6.08 Å². The van der Waals surface area contributed by atoms with Crippen LogP contribution in [0, 0.1) is 0 Å². The molecule has 0 bridgehead atoms. The molecule has 1 aliphatic heterocycles. The molecule has 0 aliphatic carbocycles. The fraction of sp³-hybridized carbons (Fsp3) is 0.571. The Morgan fingerprint density at radius 1 is 1.64 bits per heavy atom. The Hall–Kier alpha value is -0.640. The summed E-state index contributed by atoms with van der Waals surface area (Å²) in [5.74, 6) is 0. The van der Waals surface area contributed by atoms with Crippen LogP contribution in [0.4, 0.5) is 4.79 Å². The van der Waals surface area contributed by atoms with Crippen molar-refractivity contribution in [3.8, 4) is 0 Å². The summed E-state index contributed by atoms with van der Waals surface area (Å²) in [6.45, 7) is 4.21. The van der Waals surface area contributed by atoms with Crippen LogP contribution >= 0.6 is 11.8 Å². The largest absolute Gasteiger partial charge is 0.323 e. The first-order valence-electron chi connectivity index (χ1n) is 3.57. The number of hydrogen-bond acceptors (Lipinski definition) is 2.